The molecule has 18 heavy (non-hydrogen) atoms. The summed E-state index contributed by atoms with van der Waals surface area (Å²) in [6.07, 6.45) is 0. The quantitative estimate of drug-likeness (QED) is 0.916. The molecule has 7 heteroatoms. The Hall–Kier alpha value is -2.08. The first-order chi connectivity index (χ1) is 8.71. The molecule has 0 spiro atoms. The molecule has 1 aromatic heterocycles. The standard InChI is InChI=1S/C11H11ClN4O2/c1-13-9-14-10(17-2)16-11(15-9)18-8-5-3-4-7(12)6-8/h3-6H,1-2H3,(H,13,14,15,16). The number of aromatic nitrogens is 3. The van der Waals surface area contributed by atoms with Gasteiger partial charge in [-0.25, -0.2) is 0 Å². The highest BCUT2D eigenvalue weighted by molar-refractivity contribution is 6.30. The molecule has 0 bridgehead atoms. The zero-order valence-corrected chi connectivity index (χ0v) is 10.6. The van der Waals surface area contributed by atoms with Crippen LogP contribution in [0.2, 0.25) is 5.02 Å². The van der Waals surface area contributed by atoms with Gasteiger partial charge in [0, 0.05) is 12.1 Å². The summed E-state index contributed by atoms with van der Waals surface area (Å²) >= 11 is 5.86. The van der Waals surface area contributed by atoms with Crippen molar-refractivity contribution in [2.75, 3.05) is 19.5 Å². The van der Waals surface area contributed by atoms with Crippen LogP contribution in [-0.2, 0) is 0 Å². The van der Waals surface area contributed by atoms with Crippen LogP contribution in [0.15, 0.2) is 24.3 Å². The van der Waals surface area contributed by atoms with Gasteiger partial charge in [-0.1, -0.05) is 17.7 Å². The van der Waals surface area contributed by atoms with Crippen molar-refractivity contribution in [1.82, 2.24) is 15.0 Å². The summed E-state index contributed by atoms with van der Waals surface area (Å²) in [5.41, 5.74) is 0. The van der Waals surface area contributed by atoms with Crippen molar-refractivity contribution in [2.24, 2.45) is 0 Å². The lowest BCUT2D eigenvalue weighted by Gasteiger charge is -2.06. The second-order valence-electron chi connectivity index (χ2n) is 3.24. The average Bonchev–Trinajstić information content (AvgIpc) is 2.38. The Bertz CT molecular complexity index is 528. The molecule has 0 aliphatic heterocycles. The Morgan fingerprint density at radius 3 is 2.61 bits per heavy atom. The fraction of sp³-hybridized carbons (Fsp3) is 0.182. The van der Waals surface area contributed by atoms with Crippen LogP contribution in [0.1, 0.15) is 0 Å². The number of benzene rings is 1. The number of methoxy groups -OCH3 is 1. The van der Waals surface area contributed by atoms with Gasteiger partial charge in [0.1, 0.15) is 5.75 Å². The normalized spacial score (nSPS) is 9.94. The Kier molecular flexibility index (Phi) is 3.78. The molecule has 1 heterocycles. The monoisotopic (exact) mass is 266 g/mol. The lowest BCUT2D eigenvalue weighted by Crippen LogP contribution is -2.03. The van der Waals surface area contributed by atoms with Crippen LogP contribution in [0, 0.1) is 0 Å². The first kappa shape index (κ1) is 12.4. The minimum atomic E-state index is 0.133. The second kappa shape index (κ2) is 5.50. The molecule has 1 N–H and O–H groups in total. The third-order valence-electron chi connectivity index (χ3n) is 2.01. The maximum atomic E-state index is 5.86. The van der Waals surface area contributed by atoms with Gasteiger partial charge in [0.05, 0.1) is 7.11 Å². The first-order valence-corrected chi connectivity index (χ1v) is 5.50. The van der Waals surface area contributed by atoms with Crippen LogP contribution >= 0.6 is 11.6 Å². The molecule has 0 saturated heterocycles. The highest BCUT2D eigenvalue weighted by atomic mass is 35.5. The van der Waals surface area contributed by atoms with Gasteiger partial charge >= 0.3 is 12.0 Å². The van der Waals surface area contributed by atoms with E-state index < -0.39 is 0 Å². The summed E-state index contributed by atoms with van der Waals surface area (Å²) < 4.78 is 10.4. The highest BCUT2D eigenvalue weighted by Gasteiger charge is 2.08. The number of hydrogen-bond donors (Lipinski definition) is 1. The topological polar surface area (TPSA) is 69.2 Å². The van der Waals surface area contributed by atoms with E-state index in [0.29, 0.717) is 16.7 Å². The van der Waals surface area contributed by atoms with Crippen LogP contribution in [0.4, 0.5) is 5.95 Å². The molecule has 0 amide bonds. The van der Waals surface area contributed by atoms with Gasteiger partial charge in [-0.3, -0.25) is 0 Å². The minimum absolute atomic E-state index is 0.133. The van der Waals surface area contributed by atoms with Crippen LogP contribution in [-0.4, -0.2) is 29.1 Å². The van der Waals surface area contributed by atoms with Gasteiger partial charge in [-0.05, 0) is 18.2 Å². The number of rotatable bonds is 4. The third-order valence-corrected chi connectivity index (χ3v) is 2.24. The van der Waals surface area contributed by atoms with E-state index in [1.54, 1.807) is 31.3 Å². The summed E-state index contributed by atoms with van der Waals surface area (Å²) in [7, 11) is 3.16. The van der Waals surface area contributed by atoms with E-state index in [0.717, 1.165) is 0 Å². The molecule has 0 saturated carbocycles. The smallest absolute Gasteiger partial charge is 0.330 e. The molecular formula is C11H11ClN4O2. The number of nitrogens with one attached hydrogen (secondary N) is 1. The van der Waals surface area contributed by atoms with Crippen molar-refractivity contribution in [3.63, 3.8) is 0 Å². The summed E-state index contributed by atoms with van der Waals surface area (Å²) in [6.45, 7) is 0. The van der Waals surface area contributed by atoms with Crippen LogP contribution < -0.4 is 14.8 Å². The molecule has 0 aliphatic rings. The summed E-state index contributed by atoms with van der Waals surface area (Å²) in [6, 6.07) is 7.24. The zero-order chi connectivity index (χ0) is 13.0. The van der Waals surface area contributed by atoms with Crippen molar-refractivity contribution in [2.45, 2.75) is 0 Å². The van der Waals surface area contributed by atoms with Crippen molar-refractivity contribution < 1.29 is 9.47 Å². The van der Waals surface area contributed by atoms with Gasteiger partial charge in [0.2, 0.25) is 5.95 Å². The van der Waals surface area contributed by atoms with Crippen molar-refractivity contribution >= 4 is 17.5 Å². The molecule has 6 nitrogen and oxygen atoms in total. The van der Waals surface area contributed by atoms with Crippen molar-refractivity contribution in [1.29, 1.82) is 0 Å². The second-order valence-corrected chi connectivity index (χ2v) is 3.67. The summed E-state index contributed by atoms with van der Waals surface area (Å²) in [4.78, 5) is 12.0. The third kappa shape index (κ3) is 2.98. The Balaban J connectivity index is 2.28. The number of ether oxygens (including phenoxy) is 2. The fourth-order valence-electron chi connectivity index (χ4n) is 1.22. The highest BCUT2D eigenvalue weighted by Crippen LogP contribution is 2.23. The molecular weight excluding hydrogens is 256 g/mol. The van der Waals surface area contributed by atoms with Crippen molar-refractivity contribution in [3.8, 4) is 17.8 Å². The Morgan fingerprint density at radius 1 is 1.17 bits per heavy atom. The summed E-state index contributed by atoms with van der Waals surface area (Å²) in [5, 5.41) is 3.36. The first-order valence-electron chi connectivity index (χ1n) is 5.12. The van der Waals surface area contributed by atoms with E-state index in [1.807, 2.05) is 0 Å². The lowest BCUT2D eigenvalue weighted by molar-refractivity contribution is 0.360. The molecule has 0 fully saturated rings. The Labute approximate surface area is 109 Å². The average molecular weight is 267 g/mol. The molecule has 2 rings (SSSR count). The van der Waals surface area contributed by atoms with Gasteiger partial charge in [-0.15, -0.1) is 4.98 Å². The SMILES string of the molecule is CNc1nc(OC)nc(Oc2cccc(Cl)c2)n1. The largest absolute Gasteiger partial charge is 0.467 e. The molecule has 2 aromatic rings. The van der Waals surface area contributed by atoms with Crippen molar-refractivity contribution in [3.05, 3.63) is 29.3 Å². The van der Waals surface area contributed by atoms with E-state index in [4.69, 9.17) is 21.1 Å². The van der Waals surface area contributed by atoms with E-state index in [9.17, 15) is 0 Å². The minimum Gasteiger partial charge on any atom is -0.467 e. The molecule has 0 radical (unpaired) electrons. The van der Waals surface area contributed by atoms with E-state index in [2.05, 4.69) is 20.3 Å². The fourth-order valence-corrected chi connectivity index (χ4v) is 1.40. The van der Waals surface area contributed by atoms with Gasteiger partial charge in [0.15, 0.2) is 0 Å². The van der Waals surface area contributed by atoms with Crippen LogP contribution in [0.3, 0.4) is 0 Å². The zero-order valence-electron chi connectivity index (χ0n) is 9.85. The van der Waals surface area contributed by atoms with Crippen LogP contribution in [0.5, 0.6) is 17.8 Å². The van der Waals surface area contributed by atoms with Gasteiger partial charge in [0.25, 0.3) is 0 Å². The predicted molar refractivity (Wildman–Crippen MR) is 67.5 cm³/mol. The number of nitrogens with zero attached hydrogens (tertiary/aromatic N) is 3. The number of anilines is 1. The predicted octanol–water partition coefficient (Wildman–Crippen LogP) is 2.37. The maximum absolute atomic E-state index is 5.86. The maximum Gasteiger partial charge on any atom is 0.330 e. The summed E-state index contributed by atoms with van der Waals surface area (Å²) in [5.74, 6) is 0.900. The van der Waals surface area contributed by atoms with Crippen LogP contribution in [0.25, 0.3) is 0 Å². The lowest BCUT2D eigenvalue weighted by atomic mass is 10.3. The van der Waals surface area contributed by atoms with Gasteiger partial charge in [-0.2, -0.15) is 9.97 Å². The number of halogens is 1. The molecule has 94 valence electrons. The molecule has 0 aliphatic carbocycles. The van der Waals surface area contributed by atoms with E-state index in [1.165, 1.54) is 7.11 Å². The van der Waals surface area contributed by atoms with E-state index in [-0.39, 0.29) is 12.0 Å². The number of hydrogen-bond acceptors (Lipinski definition) is 6. The molecule has 0 atom stereocenters. The molecule has 1 aromatic carbocycles. The molecule has 0 unspecified atom stereocenters. The van der Waals surface area contributed by atoms with E-state index >= 15 is 0 Å². The van der Waals surface area contributed by atoms with Gasteiger partial charge < -0.3 is 14.8 Å². The Morgan fingerprint density at radius 2 is 1.94 bits per heavy atom.